The van der Waals surface area contributed by atoms with E-state index in [2.05, 4.69) is 10.6 Å². The van der Waals surface area contributed by atoms with Crippen LogP contribution in [0.5, 0.6) is 0 Å². The number of nitrogens with one attached hydrogen (secondary N) is 2. The molecular formula is C18H22ClN3O3. The van der Waals surface area contributed by atoms with Crippen LogP contribution in [0.1, 0.15) is 38.2 Å². The third-order valence-electron chi connectivity index (χ3n) is 5.20. The van der Waals surface area contributed by atoms with Crippen molar-refractivity contribution < 1.29 is 14.4 Å². The standard InChI is InChI=1S/C18H22ClN3O3/c1-11-6-7-14(13(19)9-11)20-15(23)10-22-16(24)18(21-17(22)25)8-4-3-5-12(18)2/h6-7,9,12H,3-5,8,10H2,1-2H3,(H,20,23)(H,21,25)/t12-,18-/m0/s1. The van der Waals surface area contributed by atoms with E-state index in [0.717, 1.165) is 29.7 Å². The van der Waals surface area contributed by atoms with Crippen molar-refractivity contribution in [1.82, 2.24) is 10.2 Å². The molecule has 2 atom stereocenters. The number of carbonyl (C=O) groups is 3. The molecule has 2 aliphatic rings. The maximum Gasteiger partial charge on any atom is 0.325 e. The highest BCUT2D eigenvalue weighted by atomic mass is 35.5. The summed E-state index contributed by atoms with van der Waals surface area (Å²) in [5, 5.41) is 5.92. The van der Waals surface area contributed by atoms with E-state index in [0.29, 0.717) is 17.1 Å². The van der Waals surface area contributed by atoms with Gasteiger partial charge in [0.25, 0.3) is 5.91 Å². The Bertz CT molecular complexity index is 736. The molecular weight excluding hydrogens is 342 g/mol. The zero-order valence-electron chi connectivity index (χ0n) is 14.4. The summed E-state index contributed by atoms with van der Waals surface area (Å²) in [7, 11) is 0. The number of anilines is 1. The van der Waals surface area contributed by atoms with Crippen LogP contribution in [0, 0.1) is 12.8 Å². The van der Waals surface area contributed by atoms with E-state index in [1.54, 1.807) is 12.1 Å². The predicted octanol–water partition coefficient (Wildman–Crippen LogP) is 3.09. The van der Waals surface area contributed by atoms with Gasteiger partial charge in [0.2, 0.25) is 5.91 Å². The van der Waals surface area contributed by atoms with Crippen LogP contribution >= 0.6 is 11.6 Å². The van der Waals surface area contributed by atoms with Crippen LogP contribution in [-0.2, 0) is 9.59 Å². The van der Waals surface area contributed by atoms with Gasteiger partial charge in [-0.3, -0.25) is 14.5 Å². The number of carbonyl (C=O) groups excluding carboxylic acids is 3. The van der Waals surface area contributed by atoms with Gasteiger partial charge in [-0.2, -0.15) is 0 Å². The summed E-state index contributed by atoms with van der Waals surface area (Å²) in [6, 6.07) is 4.77. The van der Waals surface area contributed by atoms with Gasteiger partial charge in [0.05, 0.1) is 10.7 Å². The van der Waals surface area contributed by atoms with Crippen LogP contribution in [-0.4, -0.2) is 34.8 Å². The van der Waals surface area contributed by atoms with Gasteiger partial charge in [-0.15, -0.1) is 0 Å². The molecule has 1 heterocycles. The summed E-state index contributed by atoms with van der Waals surface area (Å²) < 4.78 is 0. The normalized spacial score (nSPS) is 26.0. The summed E-state index contributed by atoms with van der Waals surface area (Å²) in [4.78, 5) is 38.4. The predicted molar refractivity (Wildman–Crippen MR) is 95.4 cm³/mol. The largest absolute Gasteiger partial charge is 0.325 e. The topological polar surface area (TPSA) is 78.5 Å². The molecule has 4 amide bonds. The van der Waals surface area contributed by atoms with Crippen LogP contribution in [0.25, 0.3) is 0 Å². The molecule has 1 saturated carbocycles. The fourth-order valence-corrected chi connectivity index (χ4v) is 3.98. The van der Waals surface area contributed by atoms with Gasteiger partial charge >= 0.3 is 6.03 Å². The fourth-order valence-electron chi connectivity index (χ4n) is 3.69. The summed E-state index contributed by atoms with van der Waals surface area (Å²) in [6.45, 7) is 3.56. The van der Waals surface area contributed by atoms with Gasteiger partial charge in [0, 0.05) is 0 Å². The average Bonchev–Trinajstić information content (AvgIpc) is 2.78. The Hall–Kier alpha value is -2.08. The lowest BCUT2D eigenvalue weighted by Gasteiger charge is -2.36. The van der Waals surface area contributed by atoms with Gasteiger partial charge in [0.15, 0.2) is 0 Å². The van der Waals surface area contributed by atoms with Gasteiger partial charge < -0.3 is 10.6 Å². The highest BCUT2D eigenvalue weighted by Crippen LogP contribution is 2.38. The van der Waals surface area contributed by atoms with Gasteiger partial charge in [-0.05, 0) is 43.4 Å². The minimum atomic E-state index is -0.850. The minimum Gasteiger partial charge on any atom is -0.323 e. The monoisotopic (exact) mass is 363 g/mol. The highest BCUT2D eigenvalue weighted by molar-refractivity contribution is 6.33. The first-order valence-electron chi connectivity index (χ1n) is 8.53. The van der Waals surface area contributed by atoms with Gasteiger partial charge in [0.1, 0.15) is 12.1 Å². The average molecular weight is 364 g/mol. The number of halogens is 1. The summed E-state index contributed by atoms with van der Waals surface area (Å²) in [5.74, 6) is -0.679. The molecule has 0 bridgehead atoms. The second kappa shape index (κ2) is 6.67. The SMILES string of the molecule is Cc1ccc(NC(=O)CN2C(=O)N[C@]3(CCCC[C@@H]3C)C2=O)c(Cl)c1. The van der Waals surface area contributed by atoms with Crippen LogP contribution in [0.2, 0.25) is 5.02 Å². The Balaban J connectivity index is 1.71. The number of benzene rings is 1. The summed E-state index contributed by atoms with van der Waals surface area (Å²) in [5.41, 5.74) is 0.590. The fraction of sp³-hybridized carbons (Fsp3) is 0.500. The number of amides is 4. The molecule has 7 heteroatoms. The number of rotatable bonds is 3. The Kier molecular flexibility index (Phi) is 4.73. The van der Waals surface area contributed by atoms with Crippen molar-refractivity contribution in [3.05, 3.63) is 28.8 Å². The minimum absolute atomic E-state index is 0.0669. The number of aryl methyl sites for hydroxylation is 1. The summed E-state index contributed by atoms with van der Waals surface area (Å²) in [6.07, 6.45) is 3.47. The zero-order chi connectivity index (χ0) is 18.2. The lowest BCUT2D eigenvalue weighted by Crippen LogP contribution is -2.54. The molecule has 0 radical (unpaired) electrons. The van der Waals surface area contributed by atoms with Crippen LogP contribution in [0.4, 0.5) is 10.5 Å². The molecule has 1 saturated heterocycles. The molecule has 1 aliphatic heterocycles. The van der Waals surface area contributed by atoms with Gasteiger partial charge in [-0.1, -0.05) is 37.4 Å². The van der Waals surface area contributed by atoms with E-state index in [-0.39, 0.29) is 18.4 Å². The van der Waals surface area contributed by atoms with Crippen molar-refractivity contribution in [2.45, 2.75) is 45.1 Å². The van der Waals surface area contributed by atoms with Crippen molar-refractivity contribution in [3.8, 4) is 0 Å². The van der Waals surface area contributed by atoms with E-state index in [9.17, 15) is 14.4 Å². The van der Waals surface area contributed by atoms with E-state index in [4.69, 9.17) is 11.6 Å². The van der Waals surface area contributed by atoms with E-state index < -0.39 is 17.5 Å². The lowest BCUT2D eigenvalue weighted by molar-refractivity contribution is -0.136. The Morgan fingerprint density at radius 3 is 2.84 bits per heavy atom. The molecule has 2 fully saturated rings. The first-order chi connectivity index (χ1) is 11.8. The molecule has 0 unspecified atom stereocenters. The molecule has 6 nitrogen and oxygen atoms in total. The van der Waals surface area contributed by atoms with Crippen LogP contribution in [0.3, 0.4) is 0 Å². The molecule has 134 valence electrons. The maximum atomic E-state index is 12.8. The zero-order valence-corrected chi connectivity index (χ0v) is 15.2. The number of nitrogens with zero attached hydrogens (tertiary/aromatic N) is 1. The Morgan fingerprint density at radius 1 is 1.40 bits per heavy atom. The van der Waals surface area contributed by atoms with Gasteiger partial charge in [-0.25, -0.2) is 4.79 Å². The number of hydrogen-bond donors (Lipinski definition) is 2. The molecule has 2 N–H and O–H groups in total. The lowest BCUT2D eigenvalue weighted by atomic mass is 9.73. The molecule has 1 aromatic carbocycles. The first-order valence-corrected chi connectivity index (χ1v) is 8.91. The van der Waals surface area contributed by atoms with Crippen LogP contribution in [0.15, 0.2) is 18.2 Å². The molecule has 25 heavy (non-hydrogen) atoms. The molecule has 0 aromatic heterocycles. The Labute approximate surface area is 151 Å². The maximum absolute atomic E-state index is 12.8. The summed E-state index contributed by atoms with van der Waals surface area (Å²) >= 11 is 6.11. The van der Waals surface area contributed by atoms with E-state index >= 15 is 0 Å². The van der Waals surface area contributed by atoms with Crippen LogP contribution < -0.4 is 10.6 Å². The van der Waals surface area contributed by atoms with Crippen molar-refractivity contribution in [1.29, 1.82) is 0 Å². The van der Waals surface area contributed by atoms with E-state index in [1.807, 2.05) is 19.9 Å². The highest BCUT2D eigenvalue weighted by Gasteiger charge is 2.55. The smallest absolute Gasteiger partial charge is 0.323 e. The first kappa shape index (κ1) is 17.7. The van der Waals surface area contributed by atoms with E-state index in [1.165, 1.54) is 0 Å². The molecule has 1 aliphatic carbocycles. The second-order valence-corrected chi connectivity index (χ2v) is 7.38. The number of urea groups is 1. The van der Waals surface area contributed by atoms with Crippen molar-refractivity contribution in [2.24, 2.45) is 5.92 Å². The molecule has 1 aromatic rings. The molecule has 3 rings (SSSR count). The second-order valence-electron chi connectivity index (χ2n) is 6.97. The number of imide groups is 1. The third-order valence-corrected chi connectivity index (χ3v) is 5.51. The van der Waals surface area contributed by atoms with Crippen molar-refractivity contribution in [2.75, 3.05) is 11.9 Å². The Morgan fingerprint density at radius 2 is 2.16 bits per heavy atom. The van der Waals surface area contributed by atoms with Crippen molar-refractivity contribution in [3.63, 3.8) is 0 Å². The quantitative estimate of drug-likeness (QED) is 0.810. The number of hydrogen-bond acceptors (Lipinski definition) is 3. The van der Waals surface area contributed by atoms with Crippen molar-refractivity contribution >= 4 is 35.1 Å². The third kappa shape index (κ3) is 3.23. The molecule has 1 spiro atoms.